The van der Waals surface area contributed by atoms with Crippen molar-refractivity contribution in [3.63, 3.8) is 0 Å². The molecule has 5 nitrogen and oxygen atoms in total. The lowest BCUT2D eigenvalue weighted by Crippen LogP contribution is -2.54. The summed E-state index contributed by atoms with van der Waals surface area (Å²) in [6, 6.07) is 2.12. The Balaban J connectivity index is 1.36. The van der Waals surface area contributed by atoms with Gasteiger partial charge in [0.05, 0.1) is 23.9 Å². The van der Waals surface area contributed by atoms with Crippen LogP contribution in [0.3, 0.4) is 0 Å². The highest BCUT2D eigenvalue weighted by molar-refractivity contribution is 5.54. The van der Waals surface area contributed by atoms with E-state index in [1.165, 1.54) is 44.9 Å². The molecule has 0 radical (unpaired) electrons. The Hall–Kier alpha value is -1.89. The maximum Gasteiger partial charge on any atom is 0.125 e. The predicted molar refractivity (Wildman–Crippen MR) is 122 cm³/mol. The molecule has 1 aromatic heterocycles. The molecule has 0 unspecified atom stereocenters. The second kappa shape index (κ2) is 8.15. The Morgan fingerprint density at radius 1 is 1.16 bits per heavy atom. The summed E-state index contributed by atoms with van der Waals surface area (Å²) in [5.41, 5.74) is 1.07. The van der Waals surface area contributed by atoms with Crippen molar-refractivity contribution in [2.24, 2.45) is 40.9 Å². The molecule has 5 heteroatoms. The SMILES string of the molecule is C[C@@]1(O)CC[C@H]2[C@H](CC[C@@H]3[C@@H]2CC[C@]2(C)[C@@H](C(=C=O)Cn4cc(C#N)cn4)CCC[C@@H]32)C1. The van der Waals surface area contributed by atoms with Gasteiger partial charge in [0.25, 0.3) is 0 Å². The van der Waals surface area contributed by atoms with Gasteiger partial charge in [0.1, 0.15) is 12.0 Å². The topological polar surface area (TPSA) is 78.9 Å². The maximum absolute atomic E-state index is 12.1. The highest BCUT2D eigenvalue weighted by Crippen LogP contribution is 2.64. The summed E-state index contributed by atoms with van der Waals surface area (Å²) in [4.78, 5) is 12.1. The van der Waals surface area contributed by atoms with Gasteiger partial charge in [-0.15, -0.1) is 0 Å². The minimum Gasteiger partial charge on any atom is -0.390 e. The normalized spacial score (nSPS) is 43.2. The van der Waals surface area contributed by atoms with Crippen LogP contribution >= 0.6 is 0 Å². The van der Waals surface area contributed by atoms with E-state index < -0.39 is 5.60 Å². The van der Waals surface area contributed by atoms with Crippen molar-refractivity contribution in [1.82, 2.24) is 9.78 Å². The summed E-state index contributed by atoms with van der Waals surface area (Å²) in [7, 11) is 0. The first-order valence-electron chi connectivity index (χ1n) is 12.7. The van der Waals surface area contributed by atoms with Crippen LogP contribution in [0.15, 0.2) is 18.0 Å². The van der Waals surface area contributed by atoms with Gasteiger partial charge >= 0.3 is 0 Å². The second-order valence-corrected chi connectivity index (χ2v) is 11.9. The molecule has 1 aromatic rings. The van der Waals surface area contributed by atoms with Gasteiger partial charge in [-0.2, -0.15) is 10.4 Å². The van der Waals surface area contributed by atoms with E-state index in [0.717, 1.165) is 42.6 Å². The van der Waals surface area contributed by atoms with E-state index in [9.17, 15) is 9.90 Å². The number of nitrogens with zero attached hydrogens (tertiary/aromatic N) is 3. The van der Waals surface area contributed by atoms with Crippen LogP contribution in [0.4, 0.5) is 0 Å². The molecule has 1 heterocycles. The lowest BCUT2D eigenvalue weighted by Gasteiger charge is -2.61. The van der Waals surface area contributed by atoms with E-state index in [2.05, 4.69) is 24.0 Å². The molecular formula is C27H37N3O2. The average molecular weight is 436 g/mol. The number of nitriles is 1. The number of rotatable bonds is 3. The molecule has 4 aliphatic carbocycles. The van der Waals surface area contributed by atoms with Gasteiger partial charge in [-0.3, -0.25) is 4.68 Å². The maximum atomic E-state index is 12.1. The third-order valence-corrected chi connectivity index (χ3v) is 10.1. The predicted octanol–water partition coefficient (Wildman–Crippen LogP) is 4.92. The zero-order chi connectivity index (χ0) is 22.5. The van der Waals surface area contributed by atoms with Crippen LogP contribution in [0.25, 0.3) is 0 Å². The third-order valence-electron chi connectivity index (χ3n) is 10.1. The fraction of sp³-hybridized carbons (Fsp3) is 0.778. The molecular weight excluding hydrogens is 398 g/mol. The molecule has 32 heavy (non-hydrogen) atoms. The van der Waals surface area contributed by atoms with Crippen LogP contribution < -0.4 is 0 Å². The molecule has 0 aliphatic heterocycles. The Morgan fingerprint density at radius 2 is 1.97 bits per heavy atom. The van der Waals surface area contributed by atoms with Crippen molar-refractivity contribution in [1.29, 1.82) is 5.26 Å². The van der Waals surface area contributed by atoms with Gasteiger partial charge in [-0.1, -0.05) is 13.3 Å². The lowest BCUT2D eigenvalue weighted by molar-refractivity contribution is -0.121. The fourth-order valence-corrected chi connectivity index (χ4v) is 8.75. The molecule has 0 amide bonds. The summed E-state index contributed by atoms with van der Waals surface area (Å²) >= 11 is 0. The summed E-state index contributed by atoms with van der Waals surface area (Å²) < 4.78 is 1.73. The highest BCUT2D eigenvalue weighted by Gasteiger charge is 2.56. The van der Waals surface area contributed by atoms with Crippen LogP contribution in [-0.2, 0) is 11.3 Å². The van der Waals surface area contributed by atoms with Gasteiger partial charge in [0, 0.05) is 11.8 Å². The van der Waals surface area contributed by atoms with Crippen molar-refractivity contribution in [3.05, 3.63) is 23.5 Å². The molecule has 172 valence electrons. The average Bonchev–Trinajstić information content (AvgIpc) is 3.23. The standard InChI is InChI=1S/C27H37N3O2/c1-26(32)10-8-21-19(12-26)6-7-23-22(21)9-11-27(2)24(4-3-5-25(23)27)20(17-31)16-30-15-18(13-28)14-29-30/h14-15,19,21-25,32H,3-12,16H2,1-2H3/t19-,21+,22-,23-,24-,25+,26-,27-/m1/s1. The van der Waals surface area contributed by atoms with Crippen LogP contribution in [0.5, 0.6) is 0 Å². The summed E-state index contributed by atoms with van der Waals surface area (Å²) in [5, 5.41) is 24.0. The van der Waals surface area contributed by atoms with Crippen molar-refractivity contribution >= 4 is 5.94 Å². The monoisotopic (exact) mass is 435 g/mol. The minimum atomic E-state index is -0.464. The fourth-order valence-electron chi connectivity index (χ4n) is 8.75. The lowest BCUT2D eigenvalue weighted by atomic mass is 9.44. The van der Waals surface area contributed by atoms with Gasteiger partial charge in [-0.25, -0.2) is 4.79 Å². The number of allylic oxidation sites excluding steroid dienone is 1. The van der Waals surface area contributed by atoms with E-state index >= 15 is 0 Å². The summed E-state index contributed by atoms with van der Waals surface area (Å²) in [6.07, 6.45) is 15.0. The largest absolute Gasteiger partial charge is 0.390 e. The molecule has 8 atom stereocenters. The van der Waals surface area contributed by atoms with E-state index in [-0.39, 0.29) is 11.3 Å². The first-order valence-corrected chi connectivity index (χ1v) is 12.7. The van der Waals surface area contributed by atoms with Crippen molar-refractivity contribution in [3.8, 4) is 6.07 Å². The first kappa shape index (κ1) is 21.9. The summed E-state index contributed by atoms with van der Waals surface area (Å²) in [5.74, 6) is 6.32. The second-order valence-electron chi connectivity index (χ2n) is 11.9. The Kier molecular flexibility index (Phi) is 5.59. The van der Waals surface area contributed by atoms with E-state index in [1.807, 2.05) is 6.92 Å². The van der Waals surface area contributed by atoms with E-state index in [0.29, 0.717) is 23.9 Å². The minimum absolute atomic E-state index is 0.157. The molecule has 0 spiro atoms. The smallest absolute Gasteiger partial charge is 0.125 e. The van der Waals surface area contributed by atoms with Gasteiger partial charge in [0.15, 0.2) is 0 Å². The van der Waals surface area contributed by atoms with Crippen LogP contribution in [-0.4, -0.2) is 26.4 Å². The number of aliphatic hydroxyl groups is 1. The number of carbonyl (C=O) groups excluding carboxylic acids is 1. The molecule has 4 saturated carbocycles. The number of hydrogen-bond donors (Lipinski definition) is 1. The zero-order valence-corrected chi connectivity index (χ0v) is 19.6. The molecule has 1 N–H and O–H groups in total. The van der Waals surface area contributed by atoms with Crippen molar-refractivity contribution in [2.45, 2.75) is 90.2 Å². The molecule has 0 aromatic carbocycles. The first-order chi connectivity index (χ1) is 15.3. The van der Waals surface area contributed by atoms with Crippen molar-refractivity contribution < 1.29 is 9.90 Å². The Morgan fingerprint density at radius 3 is 2.72 bits per heavy atom. The number of aromatic nitrogens is 2. The molecule has 5 rings (SSSR count). The van der Waals surface area contributed by atoms with Gasteiger partial charge < -0.3 is 5.11 Å². The van der Waals surface area contributed by atoms with Crippen molar-refractivity contribution in [2.75, 3.05) is 0 Å². The van der Waals surface area contributed by atoms with E-state index in [1.54, 1.807) is 17.1 Å². The molecule has 4 aliphatic rings. The molecule has 0 saturated heterocycles. The quantitative estimate of drug-likeness (QED) is 0.683. The molecule has 4 fully saturated rings. The molecule has 0 bridgehead atoms. The van der Waals surface area contributed by atoms with Crippen LogP contribution in [0, 0.1) is 52.3 Å². The third kappa shape index (κ3) is 3.66. The Labute approximate surface area is 191 Å². The number of hydrogen-bond acceptors (Lipinski definition) is 4. The summed E-state index contributed by atoms with van der Waals surface area (Å²) in [6.45, 7) is 4.94. The van der Waals surface area contributed by atoms with E-state index in [4.69, 9.17) is 5.26 Å². The van der Waals surface area contributed by atoms with Crippen LogP contribution in [0.1, 0.15) is 83.6 Å². The zero-order valence-electron chi connectivity index (χ0n) is 19.6. The van der Waals surface area contributed by atoms with Crippen LogP contribution in [0.2, 0.25) is 0 Å². The van der Waals surface area contributed by atoms with Gasteiger partial charge in [0.2, 0.25) is 0 Å². The highest BCUT2D eigenvalue weighted by atomic mass is 16.3. The Bertz CT molecular complexity index is 952. The van der Waals surface area contributed by atoms with Gasteiger partial charge in [-0.05, 0) is 106 Å². The number of fused-ring (bicyclic) bond motifs is 5.